The Balaban J connectivity index is 2.11. The minimum Gasteiger partial charge on any atom is -0.393 e. The molecule has 1 atom stereocenters. The number of aliphatic hydroxyl groups is 1. The predicted molar refractivity (Wildman–Crippen MR) is 84.8 cm³/mol. The molecule has 1 heterocycles. The zero-order valence-corrected chi connectivity index (χ0v) is 12.0. The highest BCUT2D eigenvalue weighted by atomic mass is 16.3. The summed E-state index contributed by atoms with van der Waals surface area (Å²) in [4.78, 5) is 8.04. The lowest BCUT2D eigenvalue weighted by atomic mass is 10.1. The van der Waals surface area contributed by atoms with E-state index in [-0.39, 0.29) is 0 Å². The number of hydrogen-bond donors (Lipinski definition) is 2. The van der Waals surface area contributed by atoms with Gasteiger partial charge in [0.25, 0.3) is 0 Å². The van der Waals surface area contributed by atoms with E-state index in [1.807, 2.05) is 36.4 Å². The highest BCUT2D eigenvalue weighted by Gasteiger charge is 2.14. The molecule has 3 aromatic rings. The molecule has 0 aliphatic rings. The Hall–Kier alpha value is -2.39. The van der Waals surface area contributed by atoms with Crippen LogP contribution in [0.3, 0.4) is 0 Å². The summed E-state index contributed by atoms with van der Waals surface area (Å²) in [5, 5.41) is 9.59. The van der Waals surface area contributed by atoms with Gasteiger partial charge in [0, 0.05) is 17.5 Å². The monoisotopic (exact) mass is 278 g/mol. The summed E-state index contributed by atoms with van der Waals surface area (Å²) in [6.07, 6.45) is 0.107. The van der Waals surface area contributed by atoms with Gasteiger partial charge in [-0.3, -0.25) is 0 Å². The quantitative estimate of drug-likeness (QED) is 0.765. The van der Waals surface area contributed by atoms with E-state index in [4.69, 9.17) is 0 Å². The van der Waals surface area contributed by atoms with Gasteiger partial charge >= 0.3 is 0 Å². The van der Waals surface area contributed by atoms with Gasteiger partial charge in [-0.05, 0) is 6.92 Å². The van der Waals surface area contributed by atoms with Gasteiger partial charge in [0.2, 0.25) is 0 Å². The van der Waals surface area contributed by atoms with Crippen LogP contribution in [0.25, 0.3) is 22.5 Å². The fourth-order valence-electron chi connectivity index (χ4n) is 2.42. The van der Waals surface area contributed by atoms with E-state index in [2.05, 4.69) is 34.2 Å². The molecule has 1 unspecified atom stereocenters. The van der Waals surface area contributed by atoms with Gasteiger partial charge in [0.1, 0.15) is 5.82 Å². The van der Waals surface area contributed by atoms with Crippen LogP contribution in [0.15, 0.2) is 60.7 Å². The van der Waals surface area contributed by atoms with Crippen LogP contribution in [-0.4, -0.2) is 21.2 Å². The second-order valence-corrected chi connectivity index (χ2v) is 5.19. The number of aromatic amines is 1. The molecule has 2 aromatic carbocycles. The smallest absolute Gasteiger partial charge is 0.109 e. The molecule has 1 aromatic heterocycles. The minimum absolute atomic E-state index is 0.414. The van der Waals surface area contributed by atoms with E-state index >= 15 is 0 Å². The fourth-order valence-corrected chi connectivity index (χ4v) is 2.42. The molecule has 0 spiro atoms. The Kier molecular flexibility index (Phi) is 3.84. The standard InChI is InChI=1S/C18H18N2O/c1-13(21)12-16-19-17(14-8-4-2-5-9-14)18(20-16)15-10-6-3-7-11-15/h2-11,13,21H,12H2,1H3,(H,19,20). The number of nitrogens with zero attached hydrogens (tertiary/aromatic N) is 1. The third kappa shape index (κ3) is 3.03. The normalized spacial score (nSPS) is 12.3. The van der Waals surface area contributed by atoms with Crippen LogP contribution in [0.1, 0.15) is 12.7 Å². The fraction of sp³-hybridized carbons (Fsp3) is 0.167. The SMILES string of the molecule is CC(O)Cc1nc(-c2ccccc2)c(-c2ccccc2)[nH]1. The topological polar surface area (TPSA) is 48.9 Å². The lowest BCUT2D eigenvalue weighted by Gasteiger charge is -2.02. The maximum atomic E-state index is 9.59. The number of nitrogens with one attached hydrogen (secondary N) is 1. The van der Waals surface area contributed by atoms with Gasteiger partial charge in [-0.15, -0.1) is 0 Å². The molecule has 0 aliphatic carbocycles. The largest absolute Gasteiger partial charge is 0.393 e. The molecule has 0 fully saturated rings. The molecule has 3 nitrogen and oxygen atoms in total. The maximum absolute atomic E-state index is 9.59. The summed E-state index contributed by atoms with van der Waals surface area (Å²) in [5.74, 6) is 0.808. The highest BCUT2D eigenvalue weighted by Crippen LogP contribution is 2.30. The predicted octanol–water partition coefficient (Wildman–Crippen LogP) is 3.67. The van der Waals surface area contributed by atoms with Crippen LogP contribution in [0.4, 0.5) is 0 Å². The first kappa shape index (κ1) is 13.6. The third-order valence-electron chi connectivity index (χ3n) is 3.35. The molecule has 0 saturated heterocycles. The second kappa shape index (κ2) is 5.94. The van der Waals surface area contributed by atoms with E-state index in [9.17, 15) is 5.11 Å². The van der Waals surface area contributed by atoms with Gasteiger partial charge < -0.3 is 10.1 Å². The summed E-state index contributed by atoms with van der Waals surface area (Å²) in [5.41, 5.74) is 4.10. The van der Waals surface area contributed by atoms with Crippen LogP contribution in [0.2, 0.25) is 0 Å². The molecule has 21 heavy (non-hydrogen) atoms. The molecule has 3 heteroatoms. The van der Waals surface area contributed by atoms with E-state index in [1.165, 1.54) is 0 Å². The molecular formula is C18H18N2O. The number of rotatable bonds is 4. The Bertz CT molecular complexity index is 646. The average Bonchev–Trinajstić information content (AvgIpc) is 2.92. The van der Waals surface area contributed by atoms with Crippen molar-refractivity contribution in [2.75, 3.05) is 0 Å². The lowest BCUT2D eigenvalue weighted by molar-refractivity contribution is 0.193. The Morgan fingerprint density at radius 1 is 0.952 bits per heavy atom. The van der Waals surface area contributed by atoms with Crippen molar-refractivity contribution >= 4 is 0 Å². The van der Waals surface area contributed by atoms with Crippen molar-refractivity contribution in [3.8, 4) is 22.5 Å². The molecule has 0 bridgehead atoms. The first-order chi connectivity index (χ1) is 10.2. The van der Waals surface area contributed by atoms with Crippen LogP contribution < -0.4 is 0 Å². The van der Waals surface area contributed by atoms with Gasteiger partial charge in [-0.2, -0.15) is 0 Å². The van der Waals surface area contributed by atoms with Crippen molar-refractivity contribution < 1.29 is 5.11 Å². The molecule has 0 aliphatic heterocycles. The highest BCUT2D eigenvalue weighted by molar-refractivity contribution is 5.78. The maximum Gasteiger partial charge on any atom is 0.109 e. The number of aliphatic hydroxyl groups excluding tert-OH is 1. The number of hydrogen-bond acceptors (Lipinski definition) is 2. The number of benzene rings is 2. The van der Waals surface area contributed by atoms with Gasteiger partial charge in [-0.25, -0.2) is 4.98 Å². The molecule has 106 valence electrons. The zero-order chi connectivity index (χ0) is 14.7. The third-order valence-corrected chi connectivity index (χ3v) is 3.35. The van der Waals surface area contributed by atoms with Gasteiger partial charge in [0.15, 0.2) is 0 Å². The van der Waals surface area contributed by atoms with Crippen LogP contribution in [0, 0.1) is 0 Å². The van der Waals surface area contributed by atoms with Crippen molar-refractivity contribution in [2.45, 2.75) is 19.4 Å². The van der Waals surface area contributed by atoms with E-state index in [0.717, 1.165) is 28.3 Å². The van der Waals surface area contributed by atoms with E-state index in [1.54, 1.807) is 6.92 Å². The van der Waals surface area contributed by atoms with Crippen LogP contribution >= 0.6 is 0 Å². The molecule has 3 rings (SSSR count). The van der Waals surface area contributed by atoms with E-state index in [0.29, 0.717) is 6.42 Å². The average molecular weight is 278 g/mol. The first-order valence-corrected chi connectivity index (χ1v) is 7.12. The Labute approximate surface area is 124 Å². The number of aromatic nitrogens is 2. The van der Waals surface area contributed by atoms with Crippen molar-refractivity contribution in [1.82, 2.24) is 9.97 Å². The summed E-state index contributed by atoms with van der Waals surface area (Å²) in [6.45, 7) is 1.77. The number of H-pyrrole nitrogens is 1. The van der Waals surface area contributed by atoms with Crippen molar-refractivity contribution in [2.24, 2.45) is 0 Å². The minimum atomic E-state index is -0.414. The molecule has 0 amide bonds. The summed E-state index contributed by atoms with van der Waals surface area (Å²) < 4.78 is 0. The van der Waals surface area contributed by atoms with Crippen molar-refractivity contribution in [3.63, 3.8) is 0 Å². The van der Waals surface area contributed by atoms with Crippen LogP contribution in [-0.2, 0) is 6.42 Å². The van der Waals surface area contributed by atoms with E-state index < -0.39 is 6.10 Å². The van der Waals surface area contributed by atoms with Crippen molar-refractivity contribution in [1.29, 1.82) is 0 Å². The molecular weight excluding hydrogens is 260 g/mol. The Morgan fingerprint density at radius 2 is 1.52 bits per heavy atom. The lowest BCUT2D eigenvalue weighted by Crippen LogP contribution is -2.05. The molecule has 0 radical (unpaired) electrons. The zero-order valence-electron chi connectivity index (χ0n) is 12.0. The summed E-state index contributed by atoms with van der Waals surface area (Å²) in [6, 6.07) is 20.3. The molecule has 0 saturated carbocycles. The summed E-state index contributed by atoms with van der Waals surface area (Å²) >= 11 is 0. The first-order valence-electron chi connectivity index (χ1n) is 7.12. The van der Waals surface area contributed by atoms with Gasteiger partial charge in [-0.1, -0.05) is 60.7 Å². The molecule has 2 N–H and O–H groups in total. The number of imidazole rings is 1. The Morgan fingerprint density at radius 3 is 2.10 bits per heavy atom. The second-order valence-electron chi connectivity index (χ2n) is 5.19. The van der Waals surface area contributed by atoms with Gasteiger partial charge in [0.05, 0.1) is 17.5 Å². The summed E-state index contributed by atoms with van der Waals surface area (Å²) in [7, 11) is 0. The van der Waals surface area contributed by atoms with Crippen LogP contribution in [0.5, 0.6) is 0 Å². The van der Waals surface area contributed by atoms with Crippen molar-refractivity contribution in [3.05, 3.63) is 66.5 Å².